The maximum atomic E-state index is 14.2. The van der Waals surface area contributed by atoms with Gasteiger partial charge in [-0.05, 0) is 41.0 Å². The topological polar surface area (TPSA) is 84.2 Å². The maximum absolute atomic E-state index is 14.2. The molecule has 1 aliphatic carbocycles. The zero-order valence-corrected chi connectivity index (χ0v) is 13.0. The molecule has 1 fully saturated rings. The highest BCUT2D eigenvalue weighted by Crippen LogP contribution is 2.50. The van der Waals surface area contributed by atoms with Gasteiger partial charge in [0, 0.05) is 23.2 Å². The molecule has 1 saturated heterocycles. The van der Waals surface area contributed by atoms with Crippen molar-refractivity contribution in [3.8, 4) is 11.1 Å². The van der Waals surface area contributed by atoms with E-state index in [-0.39, 0.29) is 17.5 Å². The third kappa shape index (κ3) is 1.98. The molecule has 0 aromatic heterocycles. The Labute approximate surface area is 141 Å². The molecule has 0 bridgehead atoms. The average Bonchev–Trinajstić information content (AvgIpc) is 2.95. The quantitative estimate of drug-likeness (QED) is 0.731. The Kier molecular flexibility index (Phi) is 3.00. The van der Waals surface area contributed by atoms with E-state index in [2.05, 4.69) is 17.2 Å². The molecule has 2 aliphatic rings. The number of urea groups is 1. The van der Waals surface area contributed by atoms with E-state index >= 15 is 0 Å². The molecule has 1 heterocycles. The number of halogens is 2. The molecule has 0 saturated carbocycles. The summed E-state index contributed by atoms with van der Waals surface area (Å²) in [7, 11) is 0. The van der Waals surface area contributed by atoms with Crippen LogP contribution in [0.5, 0.6) is 0 Å². The van der Waals surface area contributed by atoms with Gasteiger partial charge in [-0.3, -0.25) is 10.1 Å². The second-order valence-corrected chi connectivity index (χ2v) is 6.17. The number of fused-ring (bicyclic) bond motifs is 5. The second-order valence-electron chi connectivity index (χ2n) is 6.17. The van der Waals surface area contributed by atoms with E-state index in [4.69, 9.17) is 5.73 Å². The monoisotopic (exact) mass is 341 g/mol. The van der Waals surface area contributed by atoms with Crippen molar-refractivity contribution in [2.45, 2.75) is 12.0 Å². The zero-order valence-electron chi connectivity index (χ0n) is 13.0. The highest BCUT2D eigenvalue weighted by atomic mass is 19.1. The van der Waals surface area contributed by atoms with Crippen LogP contribution < -0.4 is 16.4 Å². The number of benzene rings is 2. The van der Waals surface area contributed by atoms with Crippen molar-refractivity contribution in [2.75, 3.05) is 0 Å². The summed E-state index contributed by atoms with van der Waals surface area (Å²) in [6.45, 7) is 3.64. The molecule has 126 valence electrons. The molecule has 2 aromatic rings. The first-order valence-electron chi connectivity index (χ1n) is 7.53. The van der Waals surface area contributed by atoms with Crippen molar-refractivity contribution < 1.29 is 18.4 Å². The summed E-state index contributed by atoms with van der Waals surface area (Å²) in [6.07, 6.45) is 0.183. The van der Waals surface area contributed by atoms with Gasteiger partial charge in [0.15, 0.2) is 5.54 Å². The number of hydrogen-bond donors (Lipinski definition) is 3. The predicted octanol–water partition coefficient (Wildman–Crippen LogP) is 2.04. The van der Waals surface area contributed by atoms with E-state index in [9.17, 15) is 18.4 Å². The largest absolute Gasteiger partial charge is 0.402 e. The first-order chi connectivity index (χ1) is 11.8. The molecule has 25 heavy (non-hydrogen) atoms. The van der Waals surface area contributed by atoms with Gasteiger partial charge in [-0.25, -0.2) is 13.6 Å². The number of nitrogens with one attached hydrogen (secondary N) is 2. The van der Waals surface area contributed by atoms with E-state index in [1.165, 1.54) is 30.3 Å². The molecule has 1 unspecified atom stereocenters. The van der Waals surface area contributed by atoms with Crippen LogP contribution in [0.1, 0.15) is 16.7 Å². The van der Waals surface area contributed by atoms with Gasteiger partial charge in [0.05, 0.1) is 0 Å². The van der Waals surface area contributed by atoms with Crippen molar-refractivity contribution in [3.63, 3.8) is 0 Å². The van der Waals surface area contributed by atoms with Crippen LogP contribution in [0.4, 0.5) is 13.6 Å². The van der Waals surface area contributed by atoms with Crippen molar-refractivity contribution >= 4 is 11.9 Å². The van der Waals surface area contributed by atoms with Gasteiger partial charge < -0.3 is 11.1 Å². The van der Waals surface area contributed by atoms with Crippen LogP contribution in [0.2, 0.25) is 0 Å². The Morgan fingerprint density at radius 2 is 1.84 bits per heavy atom. The van der Waals surface area contributed by atoms with Crippen LogP contribution in [0.3, 0.4) is 0 Å². The molecular formula is C18H13F2N3O2. The van der Waals surface area contributed by atoms with Crippen LogP contribution in [-0.4, -0.2) is 11.9 Å². The summed E-state index contributed by atoms with van der Waals surface area (Å²) in [5.74, 6) is -1.83. The zero-order chi connectivity index (χ0) is 17.9. The number of carbonyl (C=O) groups is 2. The van der Waals surface area contributed by atoms with Gasteiger partial charge in [-0.1, -0.05) is 12.6 Å². The number of nitrogens with two attached hydrogens (primary N) is 1. The lowest BCUT2D eigenvalue weighted by atomic mass is 9.86. The summed E-state index contributed by atoms with van der Waals surface area (Å²) < 4.78 is 28.1. The number of amides is 3. The number of hydrogen-bond acceptors (Lipinski definition) is 3. The Morgan fingerprint density at radius 1 is 1.12 bits per heavy atom. The van der Waals surface area contributed by atoms with Gasteiger partial charge in [0.1, 0.15) is 11.6 Å². The molecular weight excluding hydrogens is 328 g/mol. The van der Waals surface area contributed by atoms with Crippen LogP contribution in [0.25, 0.3) is 11.1 Å². The molecule has 4 rings (SSSR count). The number of rotatable bonds is 2. The summed E-state index contributed by atoms with van der Waals surface area (Å²) >= 11 is 0. The van der Waals surface area contributed by atoms with Gasteiger partial charge in [0.2, 0.25) is 0 Å². The first kappa shape index (κ1) is 15.3. The second kappa shape index (κ2) is 4.89. The average molecular weight is 341 g/mol. The normalized spacial score (nSPS) is 20.2. The van der Waals surface area contributed by atoms with E-state index in [0.29, 0.717) is 22.4 Å². The van der Waals surface area contributed by atoms with Gasteiger partial charge in [-0.2, -0.15) is 0 Å². The lowest BCUT2D eigenvalue weighted by Gasteiger charge is -2.23. The Balaban J connectivity index is 2.11. The molecule has 0 radical (unpaired) electrons. The fourth-order valence-electron chi connectivity index (χ4n) is 3.69. The van der Waals surface area contributed by atoms with E-state index < -0.39 is 29.1 Å². The van der Waals surface area contributed by atoms with Crippen molar-refractivity contribution in [2.24, 2.45) is 5.73 Å². The van der Waals surface area contributed by atoms with Gasteiger partial charge in [-0.15, -0.1) is 0 Å². The minimum Gasteiger partial charge on any atom is -0.402 e. The maximum Gasteiger partial charge on any atom is 0.322 e. The van der Waals surface area contributed by atoms with Crippen LogP contribution in [-0.2, 0) is 16.8 Å². The summed E-state index contributed by atoms with van der Waals surface area (Å²) in [4.78, 5) is 24.4. The van der Waals surface area contributed by atoms with Crippen molar-refractivity contribution in [1.29, 1.82) is 0 Å². The molecule has 1 spiro atoms. The van der Waals surface area contributed by atoms with Crippen LogP contribution in [0.15, 0.2) is 42.6 Å². The van der Waals surface area contributed by atoms with Crippen molar-refractivity contribution in [1.82, 2.24) is 10.6 Å². The molecule has 5 nitrogen and oxygen atoms in total. The molecule has 1 aliphatic heterocycles. The highest BCUT2D eigenvalue weighted by Gasteiger charge is 2.55. The smallest absolute Gasteiger partial charge is 0.322 e. The fourth-order valence-corrected chi connectivity index (χ4v) is 3.69. The minimum absolute atomic E-state index is 0.183. The lowest BCUT2D eigenvalue weighted by Crippen LogP contribution is -2.43. The SMILES string of the molecule is C=C(N)Cc1cc(F)cc2c1-c1ccc(F)cc1C21NC(=O)NC1=O. The van der Waals surface area contributed by atoms with E-state index in [0.717, 1.165) is 0 Å². The standard InChI is InChI=1S/C18H13F2N3O2/c1-8(21)4-9-5-11(20)7-14-15(9)12-3-2-10(19)6-13(12)18(14)16(24)22-17(25)23-18/h2-3,5-7H,1,4,21H2,(H2,22,23,24,25). The van der Waals surface area contributed by atoms with Gasteiger partial charge >= 0.3 is 6.03 Å². The van der Waals surface area contributed by atoms with Crippen molar-refractivity contribution in [3.05, 3.63) is 70.9 Å². The van der Waals surface area contributed by atoms with Crippen LogP contribution >= 0.6 is 0 Å². The predicted molar refractivity (Wildman–Crippen MR) is 86.3 cm³/mol. The third-order valence-corrected chi connectivity index (χ3v) is 4.53. The fraction of sp³-hybridized carbons (Fsp3) is 0.111. The molecule has 7 heteroatoms. The first-order valence-corrected chi connectivity index (χ1v) is 7.53. The Morgan fingerprint density at radius 3 is 2.48 bits per heavy atom. The molecule has 4 N–H and O–H groups in total. The minimum atomic E-state index is -1.66. The third-order valence-electron chi connectivity index (χ3n) is 4.53. The van der Waals surface area contributed by atoms with Gasteiger partial charge in [0.25, 0.3) is 5.91 Å². The van der Waals surface area contributed by atoms with E-state index in [1.807, 2.05) is 0 Å². The summed E-state index contributed by atoms with van der Waals surface area (Å²) in [6, 6.07) is 5.71. The summed E-state index contributed by atoms with van der Waals surface area (Å²) in [5.41, 5.74) is 6.48. The Hall–Kier alpha value is -3.22. The molecule has 3 amide bonds. The van der Waals surface area contributed by atoms with Crippen LogP contribution in [0, 0.1) is 11.6 Å². The summed E-state index contributed by atoms with van der Waals surface area (Å²) in [5, 5.41) is 4.69. The number of imide groups is 1. The molecule has 1 atom stereocenters. The lowest BCUT2D eigenvalue weighted by molar-refractivity contribution is -0.122. The molecule has 2 aromatic carbocycles. The number of allylic oxidation sites excluding steroid dienone is 1. The Bertz CT molecular complexity index is 987. The number of carbonyl (C=O) groups excluding carboxylic acids is 2. The van der Waals surface area contributed by atoms with E-state index in [1.54, 1.807) is 0 Å². The highest BCUT2D eigenvalue weighted by molar-refractivity contribution is 6.13.